The molecule has 2 unspecified atom stereocenters. The Morgan fingerprint density at radius 1 is 1.09 bits per heavy atom. The highest BCUT2D eigenvalue weighted by atomic mass is 16.6. The first kappa shape index (κ1) is 28.6. The number of nitrogens with zero attached hydrogens (tertiary/aromatic N) is 1. The Bertz CT molecular complexity index is 816. The van der Waals surface area contributed by atoms with Crippen LogP contribution >= 0.6 is 0 Å². The van der Waals surface area contributed by atoms with Crippen molar-refractivity contribution in [3.05, 3.63) is 35.9 Å². The molecule has 3 N–H and O–H groups in total. The van der Waals surface area contributed by atoms with Crippen LogP contribution in [0.25, 0.3) is 0 Å². The van der Waals surface area contributed by atoms with Crippen molar-refractivity contribution in [2.45, 2.75) is 96.9 Å². The number of aliphatic hydroxyl groups is 1. The molecule has 0 saturated heterocycles. The van der Waals surface area contributed by atoms with E-state index in [9.17, 15) is 19.5 Å². The molecule has 1 aliphatic rings. The Balaban J connectivity index is 2.36. The van der Waals surface area contributed by atoms with Gasteiger partial charge in [0.25, 0.3) is 0 Å². The fourth-order valence-corrected chi connectivity index (χ4v) is 4.45. The van der Waals surface area contributed by atoms with Crippen molar-refractivity contribution in [2.75, 3.05) is 13.2 Å². The Morgan fingerprint density at radius 2 is 1.71 bits per heavy atom. The van der Waals surface area contributed by atoms with Crippen LogP contribution < -0.4 is 10.6 Å². The summed E-state index contributed by atoms with van der Waals surface area (Å²) >= 11 is 0. The fourth-order valence-electron chi connectivity index (χ4n) is 4.45. The number of hydrogen-bond acceptors (Lipinski definition) is 5. The highest BCUT2D eigenvalue weighted by molar-refractivity contribution is 5.92. The Labute approximate surface area is 209 Å². The van der Waals surface area contributed by atoms with E-state index in [-0.39, 0.29) is 31.0 Å². The third-order valence-corrected chi connectivity index (χ3v) is 5.95. The summed E-state index contributed by atoms with van der Waals surface area (Å²) in [5.74, 6) is -0.599. The Morgan fingerprint density at radius 3 is 2.26 bits per heavy atom. The first-order valence-electron chi connectivity index (χ1n) is 12.8. The van der Waals surface area contributed by atoms with Crippen LogP contribution in [0.2, 0.25) is 0 Å². The minimum absolute atomic E-state index is 0.0406. The summed E-state index contributed by atoms with van der Waals surface area (Å²) in [5, 5.41) is 15.7. The maximum absolute atomic E-state index is 13.8. The molecule has 0 bridgehead atoms. The molecule has 0 aliphatic heterocycles. The van der Waals surface area contributed by atoms with Crippen molar-refractivity contribution < 1.29 is 24.2 Å². The second-order valence-electron chi connectivity index (χ2n) is 10.7. The van der Waals surface area contributed by atoms with Crippen molar-refractivity contribution in [1.29, 1.82) is 0 Å². The van der Waals surface area contributed by atoms with Gasteiger partial charge in [0, 0.05) is 12.6 Å². The molecule has 0 radical (unpaired) electrons. The monoisotopic (exact) mass is 489 g/mol. The standard InChI is InChI=1S/C27H43N3O5/c1-19(2)18-22(29-26(34)35-27(3,4)5)25(33)30(16-17-31)23(20-12-8-6-9-13-20)24(32)28-21-14-10-7-11-15-21/h6,8-9,12-13,19,21-23,31H,7,10-11,14-18H2,1-5H3,(H,28,32)(H,29,34). The summed E-state index contributed by atoms with van der Waals surface area (Å²) in [5.41, 5.74) is -0.0598. The molecule has 1 aliphatic carbocycles. The van der Waals surface area contributed by atoms with Crippen LogP contribution in [0.3, 0.4) is 0 Å². The lowest BCUT2D eigenvalue weighted by molar-refractivity contribution is -0.143. The first-order chi connectivity index (χ1) is 16.5. The van der Waals surface area contributed by atoms with Crippen LogP contribution in [0.4, 0.5) is 4.79 Å². The molecule has 2 rings (SSSR count). The predicted molar refractivity (Wildman–Crippen MR) is 136 cm³/mol. The number of aliphatic hydroxyl groups excluding tert-OH is 1. The number of nitrogens with one attached hydrogen (secondary N) is 2. The third kappa shape index (κ3) is 9.51. The summed E-state index contributed by atoms with van der Waals surface area (Å²) in [6.45, 7) is 8.82. The van der Waals surface area contributed by atoms with Gasteiger partial charge < -0.3 is 25.4 Å². The van der Waals surface area contributed by atoms with Gasteiger partial charge in [-0.05, 0) is 51.5 Å². The van der Waals surface area contributed by atoms with Crippen LogP contribution in [0.1, 0.15) is 84.7 Å². The van der Waals surface area contributed by atoms with Crippen molar-refractivity contribution in [2.24, 2.45) is 5.92 Å². The highest BCUT2D eigenvalue weighted by Crippen LogP contribution is 2.25. The number of hydrogen-bond donors (Lipinski definition) is 3. The van der Waals surface area contributed by atoms with E-state index < -0.39 is 29.7 Å². The van der Waals surface area contributed by atoms with E-state index in [1.165, 1.54) is 4.90 Å². The van der Waals surface area contributed by atoms with Crippen LogP contribution in [-0.4, -0.2) is 58.8 Å². The van der Waals surface area contributed by atoms with Crippen LogP contribution in [0, 0.1) is 5.92 Å². The molecule has 1 fully saturated rings. The number of alkyl carbamates (subject to hydrolysis) is 1. The predicted octanol–water partition coefficient (Wildman–Crippen LogP) is 3.94. The van der Waals surface area contributed by atoms with Gasteiger partial charge in [0.15, 0.2) is 0 Å². The Hall–Kier alpha value is -2.61. The minimum Gasteiger partial charge on any atom is -0.444 e. The topological polar surface area (TPSA) is 108 Å². The number of carbonyl (C=O) groups excluding carboxylic acids is 3. The lowest BCUT2D eigenvalue weighted by Gasteiger charge is -2.35. The lowest BCUT2D eigenvalue weighted by atomic mass is 9.94. The van der Waals surface area contributed by atoms with Gasteiger partial charge in [-0.25, -0.2) is 4.79 Å². The van der Waals surface area contributed by atoms with E-state index in [1.807, 2.05) is 44.2 Å². The van der Waals surface area contributed by atoms with E-state index in [1.54, 1.807) is 20.8 Å². The fraction of sp³-hybridized carbons (Fsp3) is 0.667. The average Bonchev–Trinajstić information content (AvgIpc) is 2.77. The molecule has 1 aromatic rings. The summed E-state index contributed by atoms with van der Waals surface area (Å²) < 4.78 is 5.38. The third-order valence-electron chi connectivity index (χ3n) is 5.95. The number of rotatable bonds is 10. The van der Waals surface area contributed by atoms with Gasteiger partial charge in [-0.3, -0.25) is 9.59 Å². The number of carbonyl (C=O) groups is 3. The van der Waals surface area contributed by atoms with E-state index in [4.69, 9.17) is 4.74 Å². The number of benzene rings is 1. The molecule has 1 aromatic carbocycles. The smallest absolute Gasteiger partial charge is 0.408 e. The van der Waals surface area contributed by atoms with Crippen molar-refractivity contribution in [3.8, 4) is 0 Å². The minimum atomic E-state index is -0.923. The molecule has 8 heteroatoms. The zero-order valence-electron chi connectivity index (χ0n) is 21.9. The molecular weight excluding hydrogens is 446 g/mol. The van der Waals surface area contributed by atoms with E-state index in [2.05, 4.69) is 10.6 Å². The molecule has 1 saturated carbocycles. The zero-order valence-corrected chi connectivity index (χ0v) is 21.9. The quantitative estimate of drug-likeness (QED) is 0.461. The van der Waals surface area contributed by atoms with Crippen molar-refractivity contribution in [3.63, 3.8) is 0 Å². The van der Waals surface area contributed by atoms with Gasteiger partial charge in [-0.15, -0.1) is 0 Å². The molecule has 196 valence electrons. The molecule has 8 nitrogen and oxygen atoms in total. The summed E-state index contributed by atoms with van der Waals surface area (Å²) in [6, 6.07) is 7.36. The zero-order chi connectivity index (χ0) is 26.0. The van der Waals surface area contributed by atoms with Gasteiger partial charge in [-0.1, -0.05) is 63.4 Å². The van der Waals surface area contributed by atoms with Crippen LogP contribution in [0.5, 0.6) is 0 Å². The van der Waals surface area contributed by atoms with Gasteiger partial charge in [0.1, 0.15) is 17.7 Å². The summed E-state index contributed by atoms with van der Waals surface area (Å²) in [4.78, 5) is 41.4. The van der Waals surface area contributed by atoms with Crippen LogP contribution in [0.15, 0.2) is 30.3 Å². The van der Waals surface area contributed by atoms with Gasteiger partial charge >= 0.3 is 6.09 Å². The van der Waals surface area contributed by atoms with E-state index >= 15 is 0 Å². The van der Waals surface area contributed by atoms with E-state index in [0.717, 1.165) is 32.1 Å². The maximum atomic E-state index is 13.8. The van der Waals surface area contributed by atoms with Crippen molar-refractivity contribution in [1.82, 2.24) is 15.5 Å². The molecule has 2 atom stereocenters. The second-order valence-corrected chi connectivity index (χ2v) is 10.7. The van der Waals surface area contributed by atoms with Crippen LogP contribution in [-0.2, 0) is 14.3 Å². The van der Waals surface area contributed by atoms with E-state index in [0.29, 0.717) is 12.0 Å². The normalized spacial score (nSPS) is 16.3. The molecular formula is C27H43N3O5. The SMILES string of the molecule is CC(C)CC(NC(=O)OC(C)(C)C)C(=O)N(CCO)C(C(=O)NC1CCCCC1)c1ccccc1. The number of amides is 3. The van der Waals surface area contributed by atoms with Gasteiger partial charge in [0.05, 0.1) is 6.61 Å². The molecule has 0 aromatic heterocycles. The second kappa shape index (κ2) is 13.5. The molecule has 0 heterocycles. The highest BCUT2D eigenvalue weighted by Gasteiger charge is 2.37. The average molecular weight is 490 g/mol. The summed E-state index contributed by atoms with van der Waals surface area (Å²) in [6.07, 6.45) is 4.80. The van der Waals surface area contributed by atoms with Crippen molar-refractivity contribution >= 4 is 17.9 Å². The maximum Gasteiger partial charge on any atom is 0.408 e. The first-order valence-corrected chi connectivity index (χ1v) is 12.8. The molecule has 0 spiro atoms. The largest absolute Gasteiger partial charge is 0.444 e. The molecule has 3 amide bonds. The number of ether oxygens (including phenoxy) is 1. The molecule has 35 heavy (non-hydrogen) atoms. The lowest BCUT2D eigenvalue weighted by Crippen LogP contribution is -2.54. The van der Waals surface area contributed by atoms with Gasteiger partial charge in [-0.2, -0.15) is 0 Å². The van der Waals surface area contributed by atoms with Gasteiger partial charge in [0.2, 0.25) is 11.8 Å². The summed E-state index contributed by atoms with van der Waals surface area (Å²) in [7, 11) is 0. The Kier molecular flexibility index (Phi) is 11.0.